The summed E-state index contributed by atoms with van der Waals surface area (Å²) in [6, 6.07) is 91.6. The van der Waals surface area contributed by atoms with E-state index in [1.807, 2.05) is 6.07 Å². The van der Waals surface area contributed by atoms with Gasteiger partial charge in [0, 0.05) is 16.0 Å². The van der Waals surface area contributed by atoms with Gasteiger partial charge in [0.1, 0.15) is 0 Å². The topological polar surface area (TPSA) is 0 Å². The zero-order valence-corrected chi connectivity index (χ0v) is 38.5. The quantitative estimate of drug-likeness (QED) is 0.166. The van der Waals surface area contributed by atoms with E-state index in [9.17, 15) is 0 Å². The summed E-state index contributed by atoms with van der Waals surface area (Å²) in [5.74, 6) is 0.189. The zero-order valence-electron chi connectivity index (χ0n) is 36.9. The Bertz CT molecular complexity index is 3370. The molecule has 0 aliphatic heterocycles. The van der Waals surface area contributed by atoms with Crippen LogP contribution in [0.5, 0.6) is 0 Å². The van der Waals surface area contributed by atoms with E-state index in [2.05, 4.69) is 265 Å². The summed E-state index contributed by atoms with van der Waals surface area (Å²) >= 11 is 3.83. The van der Waals surface area contributed by atoms with E-state index in [4.69, 9.17) is 0 Å². The Kier molecular flexibility index (Phi) is 10.6. The molecule has 316 valence electrons. The maximum Gasteiger partial charge on any atom is 0.0364 e. The van der Waals surface area contributed by atoms with Crippen LogP contribution < -0.4 is 0 Å². The first-order valence-electron chi connectivity index (χ1n) is 23.2. The lowest BCUT2D eigenvalue weighted by molar-refractivity contribution is 1.09. The molecule has 10 aromatic carbocycles. The number of benzene rings is 10. The van der Waals surface area contributed by atoms with Crippen LogP contribution in [0.4, 0.5) is 0 Å². The molecule has 0 bridgehead atoms. The molecule has 0 aromatic heterocycles. The van der Waals surface area contributed by atoms with Crippen molar-refractivity contribution in [2.45, 2.75) is 12.3 Å². The largest absolute Gasteiger partial charge is 0.0622 e. The van der Waals surface area contributed by atoms with E-state index in [1.54, 1.807) is 0 Å². The molecular weight excluding hydrogens is 873 g/mol. The predicted molar refractivity (Wildman–Crippen MR) is 286 cm³/mol. The maximum absolute atomic E-state index is 3.83. The summed E-state index contributed by atoms with van der Waals surface area (Å²) in [4.78, 5) is 0. The third-order valence-electron chi connectivity index (χ3n) is 13.8. The molecule has 14 rings (SSSR count). The normalized spacial score (nSPS) is 12.7. The van der Waals surface area contributed by atoms with E-state index in [1.165, 1.54) is 117 Å². The molecular formula is C66H45Br. The number of hydrogen-bond acceptors (Lipinski definition) is 0. The van der Waals surface area contributed by atoms with Gasteiger partial charge in [-0.05, 0) is 134 Å². The van der Waals surface area contributed by atoms with Gasteiger partial charge in [-0.3, -0.25) is 0 Å². The Morgan fingerprint density at radius 3 is 0.985 bits per heavy atom. The van der Waals surface area contributed by atoms with Crippen molar-refractivity contribution < 1.29 is 0 Å². The molecule has 0 heterocycles. The molecule has 4 aliphatic rings. The lowest BCUT2D eigenvalue weighted by atomic mass is 9.80. The Hall–Kier alpha value is -7.84. The molecule has 10 aromatic rings. The van der Waals surface area contributed by atoms with Gasteiger partial charge in [-0.1, -0.05) is 255 Å². The highest BCUT2D eigenvalue weighted by Gasteiger charge is 2.36. The minimum absolute atomic E-state index is 0.189. The van der Waals surface area contributed by atoms with Crippen molar-refractivity contribution in [2.75, 3.05) is 0 Å². The van der Waals surface area contributed by atoms with Crippen LogP contribution in [0.1, 0.15) is 61.6 Å². The van der Waals surface area contributed by atoms with Crippen molar-refractivity contribution in [3.63, 3.8) is 0 Å². The SMILES string of the molecule is BrC(=C1c2ccccc2-c2ccccc21)c1ccccc1.c1ccc(C(=C2c3ccccc3-c3ccccc32)C2c3ccccc3-c3ccccc32)cc1.c1ccc2c(c1)Cc1ccccc1-2. The lowest BCUT2D eigenvalue weighted by Crippen LogP contribution is -2.04. The second-order valence-corrected chi connectivity index (χ2v) is 18.3. The number of hydrogen-bond donors (Lipinski definition) is 0. The first-order chi connectivity index (χ1) is 33.2. The summed E-state index contributed by atoms with van der Waals surface area (Å²) < 4.78 is 1.15. The van der Waals surface area contributed by atoms with Crippen LogP contribution in [0, 0.1) is 0 Å². The van der Waals surface area contributed by atoms with Crippen molar-refractivity contribution in [3.05, 3.63) is 310 Å². The molecule has 0 unspecified atom stereocenters. The fourth-order valence-electron chi connectivity index (χ4n) is 10.9. The van der Waals surface area contributed by atoms with Crippen LogP contribution in [-0.2, 0) is 6.42 Å². The van der Waals surface area contributed by atoms with Crippen LogP contribution in [-0.4, -0.2) is 0 Å². The van der Waals surface area contributed by atoms with Gasteiger partial charge in [0.25, 0.3) is 0 Å². The van der Waals surface area contributed by atoms with Crippen LogP contribution in [0.25, 0.3) is 65.7 Å². The summed E-state index contributed by atoms with van der Waals surface area (Å²) in [7, 11) is 0. The summed E-state index contributed by atoms with van der Waals surface area (Å²) in [6.45, 7) is 0. The van der Waals surface area contributed by atoms with Crippen LogP contribution >= 0.6 is 15.9 Å². The highest BCUT2D eigenvalue weighted by Crippen LogP contribution is 2.56. The molecule has 0 radical (unpaired) electrons. The van der Waals surface area contributed by atoms with Gasteiger partial charge < -0.3 is 0 Å². The Labute approximate surface area is 402 Å². The first-order valence-corrected chi connectivity index (χ1v) is 24.0. The highest BCUT2D eigenvalue weighted by molar-refractivity contribution is 9.15. The minimum atomic E-state index is 0.189. The van der Waals surface area contributed by atoms with E-state index >= 15 is 0 Å². The van der Waals surface area contributed by atoms with Crippen molar-refractivity contribution in [2.24, 2.45) is 0 Å². The molecule has 67 heavy (non-hydrogen) atoms. The Balaban J connectivity index is 0.000000117. The van der Waals surface area contributed by atoms with Gasteiger partial charge in [0.05, 0.1) is 0 Å². The fourth-order valence-corrected chi connectivity index (χ4v) is 11.6. The molecule has 0 N–H and O–H groups in total. The van der Waals surface area contributed by atoms with Gasteiger partial charge in [-0.15, -0.1) is 0 Å². The molecule has 0 amide bonds. The number of halogens is 1. The smallest absolute Gasteiger partial charge is 0.0364 e. The summed E-state index contributed by atoms with van der Waals surface area (Å²) in [5, 5.41) is 0. The third-order valence-corrected chi connectivity index (χ3v) is 14.6. The molecule has 4 aliphatic carbocycles. The number of fused-ring (bicyclic) bond motifs is 12. The highest BCUT2D eigenvalue weighted by atomic mass is 79.9. The van der Waals surface area contributed by atoms with Gasteiger partial charge in [-0.2, -0.15) is 0 Å². The maximum atomic E-state index is 3.83. The summed E-state index contributed by atoms with van der Waals surface area (Å²) in [5.41, 5.74) is 28.3. The average molecular weight is 918 g/mol. The van der Waals surface area contributed by atoms with E-state index in [0.29, 0.717) is 0 Å². The standard InChI is InChI=1S/C33H22.C20H13Br.C13H10/c1-2-12-22(13-3-1)31(32-27-18-8-4-14-23(27)24-15-5-9-19-28(24)32)33-29-20-10-6-16-25(29)26-17-7-11-21-30(26)33;21-20(14-8-2-1-3-9-14)19-17-12-6-4-10-15(17)16-11-5-7-13-18(16)19;1-3-7-12-10(5-1)9-11-6-2-4-8-13(11)12/h1-21,32H;1-13H;1-8H,9H2. The van der Waals surface area contributed by atoms with Crippen molar-refractivity contribution >= 4 is 37.1 Å². The summed E-state index contributed by atoms with van der Waals surface area (Å²) in [6.07, 6.45) is 1.10. The van der Waals surface area contributed by atoms with Crippen molar-refractivity contribution in [1.29, 1.82) is 0 Å². The molecule has 0 saturated heterocycles. The van der Waals surface area contributed by atoms with E-state index in [-0.39, 0.29) is 5.92 Å². The molecule has 0 spiro atoms. The van der Waals surface area contributed by atoms with Crippen molar-refractivity contribution in [1.82, 2.24) is 0 Å². The predicted octanol–water partition coefficient (Wildman–Crippen LogP) is 17.7. The Morgan fingerprint density at radius 1 is 0.269 bits per heavy atom. The van der Waals surface area contributed by atoms with E-state index < -0.39 is 0 Å². The molecule has 1 heteroatoms. The molecule has 0 saturated carbocycles. The molecule has 0 nitrogen and oxygen atoms in total. The second kappa shape index (κ2) is 17.5. The van der Waals surface area contributed by atoms with Gasteiger partial charge >= 0.3 is 0 Å². The first kappa shape index (κ1) is 40.7. The van der Waals surface area contributed by atoms with Gasteiger partial charge in [0.15, 0.2) is 0 Å². The Morgan fingerprint density at radius 2 is 0.567 bits per heavy atom. The van der Waals surface area contributed by atoms with Crippen LogP contribution in [0.15, 0.2) is 255 Å². The van der Waals surface area contributed by atoms with Gasteiger partial charge in [-0.25, -0.2) is 0 Å². The van der Waals surface area contributed by atoms with E-state index in [0.717, 1.165) is 10.9 Å². The fraction of sp³-hybridized carbons (Fsp3) is 0.0303. The molecule has 0 atom stereocenters. The number of allylic oxidation sites excluding steroid dienone is 1. The minimum Gasteiger partial charge on any atom is -0.0622 e. The van der Waals surface area contributed by atoms with Crippen LogP contribution in [0.3, 0.4) is 0 Å². The second-order valence-electron chi connectivity index (χ2n) is 17.5. The third kappa shape index (κ3) is 7.15. The van der Waals surface area contributed by atoms with Crippen LogP contribution in [0.2, 0.25) is 0 Å². The number of rotatable bonds is 3. The van der Waals surface area contributed by atoms with Crippen molar-refractivity contribution in [3.8, 4) is 44.5 Å². The average Bonchev–Trinajstić information content (AvgIpc) is 4.15. The van der Waals surface area contributed by atoms with Gasteiger partial charge in [0.2, 0.25) is 0 Å². The lowest BCUT2D eigenvalue weighted by Gasteiger charge is -2.23. The molecule has 0 fully saturated rings. The zero-order chi connectivity index (χ0) is 44.7. The monoisotopic (exact) mass is 916 g/mol.